The van der Waals surface area contributed by atoms with Crippen molar-refractivity contribution in [2.75, 3.05) is 14.2 Å². The maximum absolute atomic E-state index is 14.2. The van der Waals surface area contributed by atoms with Crippen LogP contribution in [0.25, 0.3) is 21.9 Å². The van der Waals surface area contributed by atoms with E-state index < -0.39 is 11.6 Å². The Labute approximate surface area is 126 Å². The van der Waals surface area contributed by atoms with Gasteiger partial charge in [-0.05, 0) is 40.8 Å². The summed E-state index contributed by atoms with van der Waals surface area (Å²) in [7, 11) is 2.91. The van der Waals surface area contributed by atoms with Crippen LogP contribution in [-0.2, 0) is 0 Å². The first-order valence-electron chi connectivity index (χ1n) is 6.74. The summed E-state index contributed by atoms with van der Waals surface area (Å²) in [6.45, 7) is 0. The van der Waals surface area contributed by atoms with Crippen LogP contribution in [0.4, 0.5) is 8.78 Å². The average Bonchev–Trinajstić information content (AvgIpc) is 2.58. The summed E-state index contributed by atoms with van der Waals surface area (Å²) >= 11 is 0. The van der Waals surface area contributed by atoms with Gasteiger partial charge in [0.05, 0.1) is 14.2 Å². The molecule has 2 nitrogen and oxygen atoms in total. The highest BCUT2D eigenvalue weighted by Gasteiger charge is 2.14. The Bertz CT molecular complexity index is 827. The second kappa shape index (κ2) is 5.64. The number of methoxy groups -OCH3 is 2. The molecule has 0 radical (unpaired) electrons. The Morgan fingerprint density at radius 1 is 0.727 bits per heavy atom. The highest BCUT2D eigenvalue weighted by atomic mass is 19.2. The molecule has 112 valence electrons. The minimum Gasteiger partial charge on any atom is -0.497 e. The highest BCUT2D eigenvalue weighted by Crippen LogP contribution is 2.32. The molecule has 3 rings (SSSR count). The van der Waals surface area contributed by atoms with Crippen molar-refractivity contribution in [3.8, 4) is 22.6 Å². The lowest BCUT2D eigenvalue weighted by Crippen LogP contribution is -1.94. The molecule has 22 heavy (non-hydrogen) atoms. The normalized spacial score (nSPS) is 10.7. The third-order valence-electron chi connectivity index (χ3n) is 3.63. The molecule has 0 saturated heterocycles. The molecule has 0 atom stereocenters. The van der Waals surface area contributed by atoms with Crippen LogP contribution in [0.5, 0.6) is 11.5 Å². The quantitative estimate of drug-likeness (QED) is 0.691. The van der Waals surface area contributed by atoms with Crippen molar-refractivity contribution in [3.05, 3.63) is 60.2 Å². The van der Waals surface area contributed by atoms with Crippen LogP contribution in [0.15, 0.2) is 48.5 Å². The molecule has 0 aliphatic heterocycles. The SMILES string of the molecule is COc1ccc(-c2ccc3cc(OC)c(F)c(F)c3c2)cc1. The number of hydrogen-bond acceptors (Lipinski definition) is 2. The molecule has 4 heteroatoms. The molecule has 0 fully saturated rings. The number of ether oxygens (including phenoxy) is 2. The van der Waals surface area contributed by atoms with Crippen molar-refractivity contribution < 1.29 is 18.3 Å². The van der Waals surface area contributed by atoms with Crippen molar-refractivity contribution in [3.63, 3.8) is 0 Å². The van der Waals surface area contributed by atoms with E-state index in [1.807, 2.05) is 30.3 Å². The third-order valence-corrected chi connectivity index (χ3v) is 3.63. The number of benzene rings is 3. The Hall–Kier alpha value is -2.62. The largest absolute Gasteiger partial charge is 0.497 e. The maximum Gasteiger partial charge on any atom is 0.201 e. The second-order valence-electron chi connectivity index (χ2n) is 4.87. The highest BCUT2D eigenvalue weighted by molar-refractivity contribution is 5.89. The number of fused-ring (bicyclic) bond motifs is 1. The van der Waals surface area contributed by atoms with E-state index in [0.29, 0.717) is 5.39 Å². The summed E-state index contributed by atoms with van der Waals surface area (Å²) in [6.07, 6.45) is 0. The number of hydrogen-bond donors (Lipinski definition) is 0. The third kappa shape index (κ3) is 2.37. The van der Waals surface area contributed by atoms with Crippen molar-refractivity contribution in [2.45, 2.75) is 0 Å². The first-order chi connectivity index (χ1) is 10.6. The first-order valence-corrected chi connectivity index (χ1v) is 6.74. The van der Waals surface area contributed by atoms with Crippen LogP contribution < -0.4 is 9.47 Å². The van der Waals surface area contributed by atoms with Gasteiger partial charge in [-0.2, -0.15) is 4.39 Å². The van der Waals surface area contributed by atoms with Gasteiger partial charge in [0.1, 0.15) is 5.75 Å². The van der Waals surface area contributed by atoms with Crippen molar-refractivity contribution in [1.29, 1.82) is 0 Å². The molecule has 0 N–H and O–H groups in total. The lowest BCUT2D eigenvalue weighted by atomic mass is 10.0. The second-order valence-corrected chi connectivity index (χ2v) is 4.87. The van der Waals surface area contributed by atoms with Crippen LogP contribution in [0, 0.1) is 11.6 Å². The van der Waals surface area contributed by atoms with E-state index >= 15 is 0 Å². The van der Waals surface area contributed by atoms with Crippen molar-refractivity contribution in [2.24, 2.45) is 0 Å². The van der Waals surface area contributed by atoms with Gasteiger partial charge >= 0.3 is 0 Å². The van der Waals surface area contributed by atoms with Crippen LogP contribution in [0.1, 0.15) is 0 Å². The molecule has 0 heterocycles. The Kier molecular flexibility index (Phi) is 3.67. The predicted octanol–water partition coefficient (Wildman–Crippen LogP) is 4.80. The monoisotopic (exact) mass is 300 g/mol. The fraction of sp³-hybridized carbons (Fsp3) is 0.111. The standard InChI is InChI=1S/C18H14F2O2/c1-21-14-7-5-11(6-8-14)12-3-4-13-10-16(22-2)18(20)17(19)15(13)9-12/h3-10H,1-2H3. The van der Waals surface area contributed by atoms with Gasteiger partial charge in [0, 0.05) is 5.39 Å². The molecular formula is C18H14F2O2. The summed E-state index contributed by atoms with van der Waals surface area (Å²) in [5, 5.41) is 0.819. The molecule has 0 unspecified atom stereocenters. The molecule has 0 spiro atoms. The van der Waals surface area contributed by atoms with E-state index in [2.05, 4.69) is 0 Å². The smallest absolute Gasteiger partial charge is 0.201 e. The van der Waals surface area contributed by atoms with Crippen LogP contribution >= 0.6 is 0 Å². The topological polar surface area (TPSA) is 18.5 Å². The summed E-state index contributed by atoms with van der Waals surface area (Å²) in [5.74, 6) is -1.22. The van der Waals surface area contributed by atoms with Gasteiger partial charge in [-0.1, -0.05) is 24.3 Å². The zero-order valence-corrected chi connectivity index (χ0v) is 12.2. The van der Waals surface area contributed by atoms with Crippen molar-refractivity contribution >= 4 is 10.8 Å². The summed E-state index contributed by atoms with van der Waals surface area (Å²) in [4.78, 5) is 0. The van der Waals surface area contributed by atoms with Gasteiger partial charge in [-0.3, -0.25) is 0 Å². The molecule has 0 bridgehead atoms. The molecule has 0 amide bonds. The van der Waals surface area contributed by atoms with Gasteiger partial charge in [-0.15, -0.1) is 0 Å². The molecule has 3 aromatic carbocycles. The minimum atomic E-state index is -0.970. The van der Waals surface area contributed by atoms with Crippen LogP contribution in [-0.4, -0.2) is 14.2 Å². The summed E-state index contributed by atoms with van der Waals surface area (Å²) in [6, 6.07) is 14.1. The van der Waals surface area contributed by atoms with E-state index in [4.69, 9.17) is 9.47 Å². The molecule has 0 aliphatic carbocycles. The Morgan fingerprint density at radius 2 is 1.41 bits per heavy atom. The Balaban J connectivity index is 2.14. The molecule has 0 aliphatic rings. The van der Waals surface area contributed by atoms with E-state index in [0.717, 1.165) is 16.9 Å². The molecule has 0 saturated carbocycles. The van der Waals surface area contributed by atoms with Crippen LogP contribution in [0.3, 0.4) is 0 Å². The van der Waals surface area contributed by atoms with Gasteiger partial charge in [-0.25, -0.2) is 4.39 Å². The predicted molar refractivity (Wildman–Crippen MR) is 82.4 cm³/mol. The fourth-order valence-electron chi connectivity index (χ4n) is 2.41. The van der Waals surface area contributed by atoms with E-state index in [1.54, 1.807) is 19.2 Å². The Morgan fingerprint density at radius 3 is 2.05 bits per heavy atom. The van der Waals surface area contributed by atoms with Gasteiger partial charge in [0.25, 0.3) is 0 Å². The van der Waals surface area contributed by atoms with Gasteiger partial charge in [0.2, 0.25) is 5.82 Å². The van der Waals surface area contributed by atoms with E-state index in [-0.39, 0.29) is 11.1 Å². The molecule has 3 aromatic rings. The average molecular weight is 300 g/mol. The first kappa shape index (κ1) is 14.3. The van der Waals surface area contributed by atoms with Crippen LogP contribution in [0.2, 0.25) is 0 Å². The zero-order valence-electron chi connectivity index (χ0n) is 12.2. The zero-order chi connectivity index (χ0) is 15.7. The summed E-state index contributed by atoms with van der Waals surface area (Å²) < 4.78 is 38.0. The van der Waals surface area contributed by atoms with Crippen molar-refractivity contribution in [1.82, 2.24) is 0 Å². The number of rotatable bonds is 3. The van der Waals surface area contributed by atoms with E-state index in [9.17, 15) is 8.78 Å². The summed E-state index contributed by atoms with van der Waals surface area (Å²) in [5.41, 5.74) is 1.71. The molecule has 0 aromatic heterocycles. The van der Waals surface area contributed by atoms with Gasteiger partial charge < -0.3 is 9.47 Å². The lowest BCUT2D eigenvalue weighted by Gasteiger charge is -2.09. The van der Waals surface area contributed by atoms with E-state index in [1.165, 1.54) is 13.2 Å². The number of halogens is 2. The lowest BCUT2D eigenvalue weighted by molar-refractivity contribution is 0.374. The minimum absolute atomic E-state index is 0.0952. The van der Waals surface area contributed by atoms with Gasteiger partial charge in [0.15, 0.2) is 11.6 Å². The fourth-order valence-corrected chi connectivity index (χ4v) is 2.41. The molecular weight excluding hydrogens is 286 g/mol. The maximum atomic E-state index is 14.2.